The van der Waals surface area contributed by atoms with Gasteiger partial charge in [-0.15, -0.1) is 0 Å². The van der Waals surface area contributed by atoms with Crippen molar-refractivity contribution in [2.45, 2.75) is 38.5 Å². The molecule has 0 bridgehead atoms. The molecule has 1 aromatic carbocycles. The second kappa shape index (κ2) is 11.2. The zero-order chi connectivity index (χ0) is 22.2. The molecule has 9 heteroatoms. The van der Waals surface area contributed by atoms with Crippen LogP contribution in [0, 0.1) is 0 Å². The molecule has 1 aliphatic heterocycles. The van der Waals surface area contributed by atoms with Crippen molar-refractivity contribution in [1.82, 2.24) is 10.3 Å². The molecule has 2 aromatic rings. The quantitative estimate of drug-likeness (QED) is 0.532. The van der Waals surface area contributed by atoms with Crippen LogP contribution in [0.15, 0.2) is 36.7 Å². The molecule has 168 valence electrons. The largest absolute Gasteiger partial charge is 0.489 e. The fraction of sp³-hybridized carbons (Fsp3) is 0.455. The summed E-state index contributed by atoms with van der Waals surface area (Å²) in [6.07, 6.45) is 2.37. The molecular weight excluding hydrogens is 424 g/mol. The van der Waals surface area contributed by atoms with Crippen LogP contribution in [-0.2, 0) is 16.0 Å². The van der Waals surface area contributed by atoms with Crippen LogP contribution in [0.4, 0.5) is 0 Å². The molecule has 2 N–H and O–H groups in total. The Morgan fingerprint density at radius 3 is 2.97 bits per heavy atom. The first-order valence-corrected chi connectivity index (χ1v) is 10.6. The number of aromatic nitrogens is 1. The lowest BCUT2D eigenvalue weighted by Crippen LogP contribution is -2.38. The first-order chi connectivity index (χ1) is 14.9. The van der Waals surface area contributed by atoms with E-state index in [2.05, 4.69) is 10.3 Å². The summed E-state index contributed by atoms with van der Waals surface area (Å²) in [6.45, 7) is 4.71. The van der Waals surface area contributed by atoms with E-state index < -0.39 is 18.2 Å². The smallest absolute Gasteiger partial charge is 0.350 e. The van der Waals surface area contributed by atoms with E-state index in [9.17, 15) is 9.90 Å². The van der Waals surface area contributed by atoms with Gasteiger partial charge >= 0.3 is 5.97 Å². The van der Waals surface area contributed by atoms with Gasteiger partial charge < -0.3 is 29.4 Å². The van der Waals surface area contributed by atoms with Crippen LogP contribution in [0.3, 0.4) is 0 Å². The highest BCUT2D eigenvalue weighted by atomic mass is 35.5. The van der Waals surface area contributed by atoms with Gasteiger partial charge in [0, 0.05) is 24.8 Å². The maximum atomic E-state index is 11.8. The minimum absolute atomic E-state index is 0.109. The highest BCUT2D eigenvalue weighted by Crippen LogP contribution is 2.33. The number of esters is 1. The van der Waals surface area contributed by atoms with E-state index in [4.69, 9.17) is 30.5 Å². The van der Waals surface area contributed by atoms with Crippen LogP contribution >= 0.6 is 11.6 Å². The molecule has 0 fully saturated rings. The Kier molecular flexibility index (Phi) is 8.34. The molecule has 31 heavy (non-hydrogen) atoms. The molecular formula is C22H27ClN2O6. The molecule has 8 nitrogen and oxygen atoms in total. The highest BCUT2D eigenvalue weighted by Gasteiger charge is 2.28. The van der Waals surface area contributed by atoms with Crippen LogP contribution in [0.1, 0.15) is 19.4 Å². The van der Waals surface area contributed by atoms with Gasteiger partial charge in [0.15, 0.2) is 11.5 Å². The molecule has 0 amide bonds. The van der Waals surface area contributed by atoms with E-state index in [0.717, 1.165) is 12.0 Å². The minimum Gasteiger partial charge on any atom is -0.489 e. The number of nitrogens with zero attached hydrogens (tertiary/aromatic N) is 1. The van der Waals surface area contributed by atoms with Gasteiger partial charge in [-0.3, -0.25) is 4.98 Å². The SMILES string of the molecule is CCOC(=O)[C@H]1COc2cc(C[C@@H](C)NC[C@H](O)COc3cncc(Cl)c3)ccc2O1. The molecule has 0 unspecified atom stereocenters. The van der Waals surface area contributed by atoms with Crippen molar-refractivity contribution in [2.24, 2.45) is 0 Å². The van der Waals surface area contributed by atoms with E-state index in [1.54, 1.807) is 25.3 Å². The fourth-order valence-corrected chi connectivity index (χ4v) is 3.24. The molecule has 0 saturated heterocycles. The molecule has 3 atom stereocenters. The average molecular weight is 451 g/mol. The van der Waals surface area contributed by atoms with Crippen LogP contribution in [0.25, 0.3) is 0 Å². The average Bonchev–Trinajstić information content (AvgIpc) is 2.76. The molecule has 1 aliphatic rings. The van der Waals surface area contributed by atoms with Crippen LogP contribution in [0.2, 0.25) is 5.02 Å². The number of carbonyl (C=O) groups excluding carboxylic acids is 1. The number of aliphatic hydroxyl groups is 1. The number of pyridine rings is 1. The summed E-state index contributed by atoms with van der Waals surface area (Å²) >= 11 is 5.86. The number of benzene rings is 1. The van der Waals surface area contributed by atoms with Crippen molar-refractivity contribution in [3.8, 4) is 17.2 Å². The summed E-state index contributed by atoms with van der Waals surface area (Å²) in [5.41, 5.74) is 1.05. The van der Waals surface area contributed by atoms with Gasteiger partial charge in [-0.05, 0) is 38.0 Å². The minimum atomic E-state index is -0.745. The number of hydrogen-bond donors (Lipinski definition) is 2. The van der Waals surface area contributed by atoms with E-state index in [-0.39, 0.29) is 19.3 Å². The lowest BCUT2D eigenvalue weighted by atomic mass is 10.1. The summed E-state index contributed by atoms with van der Waals surface area (Å²) in [6, 6.07) is 7.39. The second-order valence-electron chi connectivity index (χ2n) is 7.27. The van der Waals surface area contributed by atoms with Crippen molar-refractivity contribution in [3.05, 3.63) is 47.2 Å². The Morgan fingerprint density at radius 2 is 2.19 bits per heavy atom. The third-order valence-electron chi connectivity index (χ3n) is 4.58. The molecule has 0 spiro atoms. The molecule has 0 aliphatic carbocycles. The molecule has 1 aromatic heterocycles. The lowest BCUT2D eigenvalue weighted by Gasteiger charge is -2.25. The maximum Gasteiger partial charge on any atom is 0.350 e. The third kappa shape index (κ3) is 6.99. The zero-order valence-corrected chi connectivity index (χ0v) is 18.3. The summed E-state index contributed by atoms with van der Waals surface area (Å²) in [7, 11) is 0. The molecule has 2 heterocycles. The van der Waals surface area contributed by atoms with Gasteiger partial charge in [-0.1, -0.05) is 17.7 Å². The van der Waals surface area contributed by atoms with Crippen LogP contribution < -0.4 is 19.5 Å². The number of aliphatic hydroxyl groups excluding tert-OH is 1. The first kappa shape index (κ1) is 23.1. The van der Waals surface area contributed by atoms with E-state index in [1.165, 1.54) is 6.20 Å². The number of fused-ring (bicyclic) bond motifs is 1. The normalized spacial score (nSPS) is 17.0. The predicted molar refractivity (Wildman–Crippen MR) is 115 cm³/mol. The fourth-order valence-electron chi connectivity index (χ4n) is 3.08. The number of halogens is 1. The zero-order valence-electron chi connectivity index (χ0n) is 17.5. The summed E-state index contributed by atoms with van der Waals surface area (Å²) in [5, 5.41) is 13.9. The van der Waals surface area contributed by atoms with Crippen LogP contribution in [0.5, 0.6) is 17.2 Å². The maximum absolute atomic E-state index is 11.8. The van der Waals surface area contributed by atoms with Gasteiger partial charge in [0.05, 0.1) is 17.8 Å². The van der Waals surface area contributed by atoms with E-state index >= 15 is 0 Å². The lowest BCUT2D eigenvalue weighted by molar-refractivity contribution is -0.153. The first-order valence-electron chi connectivity index (χ1n) is 10.2. The summed E-state index contributed by atoms with van der Waals surface area (Å²) in [4.78, 5) is 15.8. The van der Waals surface area contributed by atoms with Gasteiger partial charge in [0.1, 0.15) is 25.1 Å². The number of hydrogen-bond acceptors (Lipinski definition) is 8. The highest BCUT2D eigenvalue weighted by molar-refractivity contribution is 6.30. The van der Waals surface area contributed by atoms with Crippen molar-refractivity contribution >= 4 is 17.6 Å². The Hall–Kier alpha value is -2.55. The third-order valence-corrected chi connectivity index (χ3v) is 4.79. The van der Waals surface area contributed by atoms with Gasteiger partial charge in [-0.2, -0.15) is 0 Å². The van der Waals surface area contributed by atoms with Crippen molar-refractivity contribution in [2.75, 3.05) is 26.4 Å². The van der Waals surface area contributed by atoms with E-state index in [0.29, 0.717) is 35.4 Å². The Labute approximate surface area is 186 Å². The summed E-state index contributed by atoms with van der Waals surface area (Å²) < 4.78 is 21.8. The number of rotatable bonds is 10. The van der Waals surface area contributed by atoms with Gasteiger partial charge in [-0.25, -0.2) is 4.79 Å². The Morgan fingerprint density at radius 1 is 1.35 bits per heavy atom. The monoisotopic (exact) mass is 450 g/mol. The van der Waals surface area contributed by atoms with Gasteiger partial charge in [0.2, 0.25) is 6.10 Å². The second-order valence-corrected chi connectivity index (χ2v) is 7.70. The van der Waals surface area contributed by atoms with Crippen molar-refractivity contribution in [3.63, 3.8) is 0 Å². The number of carbonyl (C=O) groups is 1. The Balaban J connectivity index is 1.43. The number of nitrogens with one attached hydrogen (secondary N) is 1. The molecule has 3 rings (SSSR count). The predicted octanol–water partition coefficient (Wildman–Crippen LogP) is 2.40. The molecule has 0 radical (unpaired) electrons. The molecule has 0 saturated carbocycles. The summed E-state index contributed by atoms with van der Waals surface area (Å²) in [5.74, 6) is 1.22. The topological polar surface area (TPSA) is 99.1 Å². The number of ether oxygens (including phenoxy) is 4. The van der Waals surface area contributed by atoms with Crippen LogP contribution in [-0.4, -0.2) is 60.7 Å². The van der Waals surface area contributed by atoms with Crippen molar-refractivity contribution < 1.29 is 28.8 Å². The van der Waals surface area contributed by atoms with Gasteiger partial charge in [0.25, 0.3) is 0 Å². The van der Waals surface area contributed by atoms with E-state index in [1.807, 2.05) is 19.1 Å². The Bertz CT molecular complexity index is 881. The standard InChI is InChI=1S/C22H27ClN2O6/c1-3-28-22(27)21-13-30-20-7-15(4-5-19(20)31-21)6-14(2)25-10-17(26)12-29-18-8-16(23)9-24-11-18/h4-5,7-9,11,14,17,21,25-26H,3,6,10,12-13H2,1-2H3/t14-,17+,21-/m1/s1. The van der Waals surface area contributed by atoms with Crippen molar-refractivity contribution in [1.29, 1.82) is 0 Å².